The van der Waals surface area contributed by atoms with Gasteiger partial charge < -0.3 is 4.74 Å². The molecule has 5 nitrogen and oxygen atoms in total. The molecule has 2 heterocycles. The van der Waals surface area contributed by atoms with Gasteiger partial charge in [-0.3, -0.25) is 9.36 Å². The second-order valence-electron chi connectivity index (χ2n) is 7.46. The molecule has 0 atom stereocenters. The van der Waals surface area contributed by atoms with Gasteiger partial charge in [0, 0.05) is 17.3 Å². The summed E-state index contributed by atoms with van der Waals surface area (Å²) in [5.74, 6) is 0.209. The van der Waals surface area contributed by atoms with Gasteiger partial charge in [0.1, 0.15) is 9.71 Å². The fraction of sp³-hybridized carbons (Fsp3) is 0.240. The average molecular weight is 499 g/mol. The van der Waals surface area contributed by atoms with Crippen molar-refractivity contribution in [2.75, 3.05) is 6.61 Å². The number of aryl methyl sites for hydroxylation is 2. The lowest BCUT2D eigenvalue weighted by atomic mass is 10.1. The molecule has 0 radical (unpaired) electrons. The van der Waals surface area contributed by atoms with Crippen LogP contribution >= 0.6 is 34.7 Å². The molecule has 2 aromatic heterocycles. The zero-order valence-corrected chi connectivity index (χ0v) is 20.7. The van der Waals surface area contributed by atoms with Crippen LogP contribution in [0.3, 0.4) is 0 Å². The molecule has 0 saturated carbocycles. The number of rotatable bonds is 8. The van der Waals surface area contributed by atoms with Crippen LogP contribution in [0.2, 0.25) is 5.02 Å². The summed E-state index contributed by atoms with van der Waals surface area (Å²) in [4.78, 5) is 31.8. The molecule has 4 rings (SSSR count). The highest BCUT2D eigenvalue weighted by Gasteiger charge is 2.22. The van der Waals surface area contributed by atoms with E-state index in [1.165, 1.54) is 23.1 Å². The van der Waals surface area contributed by atoms with Crippen LogP contribution in [0.25, 0.3) is 10.2 Å². The fourth-order valence-electron chi connectivity index (χ4n) is 3.56. The number of ether oxygens (including phenoxy) is 1. The Kier molecular flexibility index (Phi) is 7.53. The molecule has 0 fully saturated rings. The Hall–Kier alpha value is -2.61. The summed E-state index contributed by atoms with van der Waals surface area (Å²) in [5, 5.41) is 1.79. The highest BCUT2D eigenvalue weighted by molar-refractivity contribution is 7.98. The van der Waals surface area contributed by atoms with Crippen LogP contribution in [-0.4, -0.2) is 22.1 Å². The first-order valence-electron chi connectivity index (χ1n) is 10.6. The number of nitrogens with zero attached hydrogens (tertiary/aromatic N) is 2. The molecule has 2 aromatic carbocycles. The predicted molar refractivity (Wildman–Crippen MR) is 136 cm³/mol. The average Bonchev–Trinajstić information content (AvgIpc) is 3.14. The Balaban J connectivity index is 1.75. The van der Waals surface area contributed by atoms with Gasteiger partial charge in [-0.2, -0.15) is 0 Å². The van der Waals surface area contributed by atoms with E-state index >= 15 is 0 Å². The summed E-state index contributed by atoms with van der Waals surface area (Å²) >= 11 is 8.84. The van der Waals surface area contributed by atoms with Gasteiger partial charge in [-0.05, 0) is 49.1 Å². The lowest BCUT2D eigenvalue weighted by Crippen LogP contribution is -2.24. The monoisotopic (exact) mass is 498 g/mol. The van der Waals surface area contributed by atoms with Gasteiger partial charge in [-0.15, -0.1) is 11.3 Å². The van der Waals surface area contributed by atoms with Crippen LogP contribution in [0, 0.1) is 6.92 Å². The van der Waals surface area contributed by atoms with Crippen LogP contribution in [0.5, 0.6) is 0 Å². The molecular formula is C25H23ClN2O3S2. The molecule has 0 amide bonds. The van der Waals surface area contributed by atoms with E-state index in [-0.39, 0.29) is 12.2 Å². The summed E-state index contributed by atoms with van der Waals surface area (Å²) in [6.45, 7) is 4.32. The zero-order valence-electron chi connectivity index (χ0n) is 18.3. The third kappa shape index (κ3) is 5.32. The normalized spacial score (nSPS) is 11.1. The van der Waals surface area contributed by atoms with E-state index in [2.05, 4.69) is 0 Å². The molecule has 0 aliphatic carbocycles. The van der Waals surface area contributed by atoms with Gasteiger partial charge in [0.05, 0.1) is 12.0 Å². The number of halogens is 1. The van der Waals surface area contributed by atoms with E-state index in [0.717, 1.165) is 11.1 Å². The highest BCUT2D eigenvalue weighted by Crippen LogP contribution is 2.31. The van der Waals surface area contributed by atoms with Gasteiger partial charge in [0.15, 0.2) is 5.16 Å². The van der Waals surface area contributed by atoms with Gasteiger partial charge in [0.2, 0.25) is 0 Å². The van der Waals surface area contributed by atoms with E-state index in [9.17, 15) is 9.59 Å². The van der Waals surface area contributed by atoms with Crippen molar-refractivity contribution in [3.63, 3.8) is 0 Å². The summed E-state index contributed by atoms with van der Waals surface area (Å²) < 4.78 is 6.90. The second-order valence-corrected chi connectivity index (χ2v) is 9.84. The van der Waals surface area contributed by atoms with Crippen LogP contribution in [0.15, 0.2) is 64.5 Å². The number of thioether (sulfide) groups is 1. The third-order valence-corrected chi connectivity index (χ3v) is 7.65. The molecule has 0 unspecified atom stereocenters. The summed E-state index contributed by atoms with van der Waals surface area (Å²) in [5.41, 5.74) is 2.69. The number of hydrogen-bond donors (Lipinski definition) is 0. The number of carbonyl (C=O) groups excluding carboxylic acids is 1. The molecule has 0 aliphatic rings. The molecule has 170 valence electrons. The number of thiophene rings is 1. The number of fused-ring (bicyclic) bond motifs is 1. The first-order valence-corrected chi connectivity index (χ1v) is 12.8. The number of benzene rings is 2. The van der Waals surface area contributed by atoms with Gasteiger partial charge in [0.25, 0.3) is 5.56 Å². The number of aromatic nitrogens is 2. The number of carbonyl (C=O) groups is 1. The van der Waals surface area contributed by atoms with Crippen molar-refractivity contribution < 1.29 is 9.53 Å². The van der Waals surface area contributed by atoms with Crippen molar-refractivity contribution >= 4 is 50.9 Å². The number of esters is 1. The lowest BCUT2D eigenvalue weighted by Gasteiger charge is -2.12. The molecule has 0 bridgehead atoms. The van der Waals surface area contributed by atoms with Crippen molar-refractivity contribution in [2.45, 2.75) is 37.7 Å². The fourth-order valence-corrected chi connectivity index (χ4v) is 5.85. The van der Waals surface area contributed by atoms with Crippen molar-refractivity contribution in [2.24, 2.45) is 0 Å². The maximum absolute atomic E-state index is 13.6. The standard InChI is InChI=1S/C25H23ClN2O3S2/c1-3-31-24(30)21-16(2)20-22(33-21)27-25(32-15-18-10-7-11-19(26)14-18)28(23(20)29)13-12-17-8-5-4-6-9-17/h4-11,14H,3,12-13,15H2,1-2H3. The van der Waals surface area contributed by atoms with Crippen molar-refractivity contribution in [1.29, 1.82) is 0 Å². The molecular weight excluding hydrogens is 476 g/mol. The van der Waals surface area contributed by atoms with E-state index in [4.69, 9.17) is 21.3 Å². The van der Waals surface area contributed by atoms with Crippen LogP contribution in [0.4, 0.5) is 0 Å². The first-order chi connectivity index (χ1) is 16.0. The van der Waals surface area contributed by atoms with E-state index < -0.39 is 5.97 Å². The largest absolute Gasteiger partial charge is 0.462 e. The van der Waals surface area contributed by atoms with Crippen molar-refractivity contribution in [1.82, 2.24) is 9.55 Å². The lowest BCUT2D eigenvalue weighted by molar-refractivity contribution is 0.0531. The molecule has 8 heteroatoms. The SMILES string of the molecule is CCOC(=O)c1sc2nc(SCc3cccc(Cl)c3)n(CCc3ccccc3)c(=O)c2c1C. The van der Waals surface area contributed by atoms with E-state index in [0.29, 0.717) is 49.6 Å². The number of hydrogen-bond acceptors (Lipinski definition) is 6. The van der Waals surface area contributed by atoms with Gasteiger partial charge in [-0.1, -0.05) is 65.8 Å². The summed E-state index contributed by atoms with van der Waals surface area (Å²) in [7, 11) is 0. The van der Waals surface area contributed by atoms with Crippen molar-refractivity contribution in [3.05, 3.63) is 91.5 Å². The van der Waals surface area contributed by atoms with Crippen LogP contribution in [-0.2, 0) is 23.5 Å². The molecule has 33 heavy (non-hydrogen) atoms. The Bertz CT molecular complexity index is 1350. The highest BCUT2D eigenvalue weighted by atomic mass is 35.5. The van der Waals surface area contributed by atoms with Gasteiger partial charge in [-0.25, -0.2) is 9.78 Å². The maximum Gasteiger partial charge on any atom is 0.348 e. The van der Waals surface area contributed by atoms with Gasteiger partial charge >= 0.3 is 5.97 Å². The third-order valence-electron chi connectivity index (χ3n) is 5.20. The maximum atomic E-state index is 13.6. The molecule has 0 N–H and O–H groups in total. The minimum Gasteiger partial charge on any atom is -0.462 e. The summed E-state index contributed by atoms with van der Waals surface area (Å²) in [6, 6.07) is 17.7. The zero-order chi connectivity index (χ0) is 23.4. The summed E-state index contributed by atoms with van der Waals surface area (Å²) in [6.07, 6.45) is 0.701. The van der Waals surface area contributed by atoms with E-state index in [1.807, 2.05) is 54.6 Å². The Morgan fingerprint density at radius 3 is 2.64 bits per heavy atom. The molecule has 0 spiro atoms. The Morgan fingerprint density at radius 2 is 1.91 bits per heavy atom. The van der Waals surface area contributed by atoms with Crippen LogP contribution in [0.1, 0.15) is 33.3 Å². The molecule has 0 aliphatic heterocycles. The van der Waals surface area contributed by atoms with Crippen LogP contribution < -0.4 is 5.56 Å². The first kappa shape index (κ1) is 23.5. The predicted octanol–water partition coefficient (Wildman–Crippen LogP) is 6.13. The molecule has 4 aromatic rings. The minimum absolute atomic E-state index is 0.131. The quantitative estimate of drug-likeness (QED) is 0.166. The topological polar surface area (TPSA) is 61.2 Å². The van der Waals surface area contributed by atoms with E-state index in [1.54, 1.807) is 18.4 Å². The molecule has 0 saturated heterocycles. The minimum atomic E-state index is -0.415. The smallest absolute Gasteiger partial charge is 0.348 e. The second kappa shape index (κ2) is 10.5. The van der Waals surface area contributed by atoms with Crippen molar-refractivity contribution in [3.8, 4) is 0 Å². The Morgan fingerprint density at radius 1 is 1.15 bits per heavy atom. The Labute approximate surface area is 205 Å².